The highest BCUT2D eigenvalue weighted by molar-refractivity contribution is 6.32. The lowest BCUT2D eigenvalue weighted by Gasteiger charge is -1.99. The maximum absolute atomic E-state index is 11.5. The van der Waals surface area contributed by atoms with E-state index in [1.54, 1.807) is 6.92 Å². The molecule has 1 aromatic carbocycles. The SMILES string of the molecule is CCOC(=O)c1coc2cc(Cl)c(O)cc12. The molecule has 1 heterocycles. The Kier molecular flexibility index (Phi) is 2.75. The van der Waals surface area contributed by atoms with Crippen molar-refractivity contribution in [3.63, 3.8) is 0 Å². The van der Waals surface area contributed by atoms with Crippen LogP contribution in [0.4, 0.5) is 0 Å². The van der Waals surface area contributed by atoms with Gasteiger partial charge in [0.05, 0.1) is 11.6 Å². The summed E-state index contributed by atoms with van der Waals surface area (Å²) < 4.78 is 10.0. The molecule has 0 radical (unpaired) electrons. The summed E-state index contributed by atoms with van der Waals surface area (Å²) in [5.74, 6) is -0.580. The largest absolute Gasteiger partial charge is 0.506 e. The van der Waals surface area contributed by atoms with E-state index in [2.05, 4.69) is 0 Å². The number of phenols is 1. The Bertz CT molecular complexity index is 544. The molecule has 16 heavy (non-hydrogen) atoms. The van der Waals surface area contributed by atoms with Crippen molar-refractivity contribution in [2.24, 2.45) is 0 Å². The number of fused-ring (bicyclic) bond motifs is 1. The lowest BCUT2D eigenvalue weighted by Crippen LogP contribution is -2.03. The van der Waals surface area contributed by atoms with Crippen molar-refractivity contribution in [3.8, 4) is 5.75 Å². The Morgan fingerprint density at radius 1 is 1.56 bits per heavy atom. The fourth-order valence-corrected chi connectivity index (χ4v) is 1.56. The molecule has 0 aliphatic heterocycles. The zero-order chi connectivity index (χ0) is 11.7. The highest BCUT2D eigenvalue weighted by atomic mass is 35.5. The summed E-state index contributed by atoms with van der Waals surface area (Å²) in [6, 6.07) is 2.84. The standard InChI is InChI=1S/C11H9ClO4/c1-2-15-11(14)7-5-16-10-4-8(12)9(13)3-6(7)10/h3-5,13H,2H2,1H3. The van der Waals surface area contributed by atoms with Crippen LogP contribution in [0.3, 0.4) is 0 Å². The number of carbonyl (C=O) groups excluding carboxylic acids is 1. The number of benzene rings is 1. The second-order valence-corrected chi connectivity index (χ2v) is 3.58. The summed E-state index contributed by atoms with van der Waals surface area (Å²) in [4.78, 5) is 11.5. The number of halogens is 1. The van der Waals surface area contributed by atoms with Crippen LogP contribution in [0.1, 0.15) is 17.3 Å². The van der Waals surface area contributed by atoms with Gasteiger partial charge >= 0.3 is 5.97 Å². The monoisotopic (exact) mass is 240 g/mol. The maximum Gasteiger partial charge on any atom is 0.342 e. The maximum atomic E-state index is 11.5. The summed E-state index contributed by atoms with van der Waals surface area (Å²) >= 11 is 5.71. The van der Waals surface area contributed by atoms with E-state index in [4.69, 9.17) is 20.8 Å². The smallest absolute Gasteiger partial charge is 0.342 e. The number of hydrogen-bond acceptors (Lipinski definition) is 4. The molecule has 5 heteroatoms. The number of phenolic OH excluding ortho intramolecular Hbond substituents is 1. The van der Waals surface area contributed by atoms with Gasteiger partial charge in [-0.1, -0.05) is 11.6 Å². The van der Waals surface area contributed by atoms with Crippen molar-refractivity contribution in [1.82, 2.24) is 0 Å². The Morgan fingerprint density at radius 3 is 3.00 bits per heavy atom. The molecule has 1 N–H and O–H groups in total. The molecule has 84 valence electrons. The third-order valence-electron chi connectivity index (χ3n) is 2.14. The summed E-state index contributed by atoms with van der Waals surface area (Å²) in [5, 5.41) is 10.1. The van der Waals surface area contributed by atoms with Gasteiger partial charge in [-0.15, -0.1) is 0 Å². The molecule has 0 atom stereocenters. The second kappa shape index (κ2) is 4.06. The first-order valence-corrected chi connectivity index (χ1v) is 5.08. The highest BCUT2D eigenvalue weighted by Crippen LogP contribution is 2.32. The molecule has 0 saturated carbocycles. The van der Waals surface area contributed by atoms with Crippen LogP contribution in [-0.4, -0.2) is 17.7 Å². The van der Waals surface area contributed by atoms with Gasteiger partial charge in [0.1, 0.15) is 23.2 Å². The van der Waals surface area contributed by atoms with Gasteiger partial charge in [0.15, 0.2) is 0 Å². The minimum atomic E-state index is -0.483. The van der Waals surface area contributed by atoms with Crippen LogP contribution in [-0.2, 0) is 4.74 Å². The topological polar surface area (TPSA) is 59.7 Å². The molecule has 0 aliphatic rings. The normalized spacial score (nSPS) is 10.6. The van der Waals surface area contributed by atoms with Crippen LogP contribution >= 0.6 is 11.6 Å². The van der Waals surface area contributed by atoms with Crippen LogP contribution in [0.5, 0.6) is 5.75 Å². The van der Waals surface area contributed by atoms with Crippen LogP contribution in [0.2, 0.25) is 5.02 Å². The fraction of sp³-hybridized carbons (Fsp3) is 0.182. The van der Waals surface area contributed by atoms with E-state index in [1.165, 1.54) is 18.4 Å². The molecule has 0 saturated heterocycles. The number of carbonyl (C=O) groups is 1. The molecule has 0 bridgehead atoms. The third-order valence-corrected chi connectivity index (χ3v) is 2.44. The minimum absolute atomic E-state index is 0.0962. The van der Waals surface area contributed by atoms with Crippen molar-refractivity contribution in [2.75, 3.05) is 6.61 Å². The van der Waals surface area contributed by atoms with Gasteiger partial charge in [-0.3, -0.25) is 0 Å². The predicted octanol–water partition coefficient (Wildman–Crippen LogP) is 2.97. The van der Waals surface area contributed by atoms with Gasteiger partial charge in [-0.2, -0.15) is 0 Å². The zero-order valence-corrected chi connectivity index (χ0v) is 9.25. The van der Waals surface area contributed by atoms with Gasteiger partial charge < -0.3 is 14.3 Å². The summed E-state index contributed by atoms with van der Waals surface area (Å²) in [5.41, 5.74) is 0.717. The van der Waals surface area contributed by atoms with E-state index in [9.17, 15) is 9.90 Å². The van der Waals surface area contributed by atoms with Crippen molar-refractivity contribution in [2.45, 2.75) is 6.92 Å². The lowest BCUT2D eigenvalue weighted by atomic mass is 10.1. The zero-order valence-electron chi connectivity index (χ0n) is 8.49. The lowest BCUT2D eigenvalue weighted by molar-refractivity contribution is 0.0527. The number of ether oxygens (including phenoxy) is 1. The van der Waals surface area contributed by atoms with Gasteiger partial charge in [-0.25, -0.2) is 4.79 Å². The third kappa shape index (κ3) is 1.72. The number of rotatable bonds is 2. The molecule has 4 nitrogen and oxygen atoms in total. The second-order valence-electron chi connectivity index (χ2n) is 3.17. The predicted molar refractivity (Wildman–Crippen MR) is 58.8 cm³/mol. The summed E-state index contributed by atoms with van der Waals surface area (Å²) in [7, 11) is 0. The van der Waals surface area contributed by atoms with Crippen molar-refractivity contribution >= 4 is 28.5 Å². The van der Waals surface area contributed by atoms with Crippen LogP contribution in [0, 0.1) is 0 Å². The molecule has 1 aromatic heterocycles. The summed E-state index contributed by atoms with van der Waals surface area (Å²) in [6.07, 6.45) is 1.29. The molecule has 0 aliphatic carbocycles. The molecule has 0 unspecified atom stereocenters. The van der Waals surface area contributed by atoms with Gasteiger partial charge in [0.2, 0.25) is 0 Å². The Morgan fingerprint density at radius 2 is 2.31 bits per heavy atom. The first-order chi connectivity index (χ1) is 7.63. The number of esters is 1. The molecule has 0 amide bonds. The highest BCUT2D eigenvalue weighted by Gasteiger charge is 2.16. The van der Waals surface area contributed by atoms with Gasteiger partial charge in [-0.05, 0) is 13.0 Å². The van der Waals surface area contributed by atoms with Crippen LogP contribution in [0.15, 0.2) is 22.8 Å². The molecule has 0 spiro atoms. The average Bonchev–Trinajstić information content (AvgIpc) is 2.62. The van der Waals surface area contributed by atoms with E-state index >= 15 is 0 Å². The van der Waals surface area contributed by atoms with E-state index in [0.717, 1.165) is 0 Å². The quantitative estimate of drug-likeness (QED) is 0.820. The van der Waals surface area contributed by atoms with Gasteiger partial charge in [0, 0.05) is 11.5 Å². The first kappa shape index (κ1) is 10.8. The number of furan rings is 1. The van der Waals surface area contributed by atoms with E-state index in [-0.39, 0.29) is 22.9 Å². The molecular weight excluding hydrogens is 232 g/mol. The van der Waals surface area contributed by atoms with Crippen LogP contribution in [0.25, 0.3) is 11.0 Å². The van der Waals surface area contributed by atoms with Crippen LogP contribution < -0.4 is 0 Å². The van der Waals surface area contributed by atoms with E-state index < -0.39 is 5.97 Å². The van der Waals surface area contributed by atoms with Crippen molar-refractivity contribution < 1.29 is 19.1 Å². The van der Waals surface area contributed by atoms with Gasteiger partial charge in [0.25, 0.3) is 0 Å². The van der Waals surface area contributed by atoms with E-state index in [0.29, 0.717) is 11.0 Å². The Labute approximate surface area is 96.4 Å². The molecular formula is C11H9ClO4. The average molecular weight is 241 g/mol. The molecule has 2 rings (SSSR count). The van der Waals surface area contributed by atoms with Crippen molar-refractivity contribution in [1.29, 1.82) is 0 Å². The van der Waals surface area contributed by atoms with Crippen molar-refractivity contribution in [3.05, 3.63) is 29.0 Å². The fourth-order valence-electron chi connectivity index (χ4n) is 1.40. The minimum Gasteiger partial charge on any atom is -0.506 e. The number of hydrogen-bond donors (Lipinski definition) is 1. The Hall–Kier alpha value is -1.68. The number of aromatic hydroxyl groups is 1. The molecule has 2 aromatic rings. The van der Waals surface area contributed by atoms with E-state index in [1.807, 2.05) is 0 Å². The first-order valence-electron chi connectivity index (χ1n) is 4.70. The summed E-state index contributed by atoms with van der Waals surface area (Å²) in [6.45, 7) is 2.00. The Balaban J connectivity index is 2.56. The molecule has 0 fully saturated rings.